The van der Waals surface area contributed by atoms with Crippen LogP contribution in [0.2, 0.25) is 5.02 Å². The highest BCUT2D eigenvalue weighted by atomic mass is 35.5. The standard InChI is InChI=1S/C13H19ClN4O/c1-13(12(19)16-2)4-6-18(8-13)11-10(14)9(7-15)3-5-17-11/h3,5H,4,6-8,15H2,1-2H3,(H,16,19). The lowest BCUT2D eigenvalue weighted by Crippen LogP contribution is -2.39. The van der Waals surface area contributed by atoms with Crippen molar-refractivity contribution >= 4 is 23.3 Å². The minimum atomic E-state index is -0.390. The Hall–Kier alpha value is -1.33. The highest BCUT2D eigenvalue weighted by Crippen LogP contribution is 2.36. The first-order chi connectivity index (χ1) is 9.01. The molecule has 1 amide bonds. The fraction of sp³-hybridized carbons (Fsp3) is 0.538. The van der Waals surface area contributed by atoms with Gasteiger partial charge in [0, 0.05) is 32.9 Å². The summed E-state index contributed by atoms with van der Waals surface area (Å²) in [5, 5.41) is 3.31. The molecule has 6 heteroatoms. The van der Waals surface area contributed by atoms with Gasteiger partial charge in [0.1, 0.15) is 5.82 Å². The van der Waals surface area contributed by atoms with E-state index in [1.165, 1.54) is 0 Å². The lowest BCUT2D eigenvalue weighted by Gasteiger charge is -2.24. The van der Waals surface area contributed by atoms with Crippen molar-refractivity contribution in [3.05, 3.63) is 22.8 Å². The van der Waals surface area contributed by atoms with E-state index < -0.39 is 5.41 Å². The Morgan fingerprint density at radius 3 is 3.05 bits per heavy atom. The molecule has 1 unspecified atom stereocenters. The number of carbonyl (C=O) groups excluding carboxylic acids is 1. The minimum absolute atomic E-state index is 0.0566. The highest BCUT2D eigenvalue weighted by Gasteiger charge is 2.40. The van der Waals surface area contributed by atoms with Crippen LogP contribution in [0.4, 0.5) is 5.82 Å². The van der Waals surface area contributed by atoms with E-state index in [0.717, 1.165) is 24.3 Å². The number of hydrogen-bond donors (Lipinski definition) is 2. The molecule has 1 aromatic heterocycles. The molecule has 0 spiro atoms. The van der Waals surface area contributed by atoms with E-state index >= 15 is 0 Å². The normalized spacial score (nSPS) is 22.6. The molecule has 2 rings (SSSR count). The van der Waals surface area contributed by atoms with Crippen molar-refractivity contribution in [3.63, 3.8) is 0 Å². The Morgan fingerprint density at radius 1 is 1.68 bits per heavy atom. The van der Waals surface area contributed by atoms with Gasteiger partial charge in [0.2, 0.25) is 5.91 Å². The molecule has 0 saturated carbocycles. The van der Waals surface area contributed by atoms with E-state index in [4.69, 9.17) is 17.3 Å². The zero-order chi connectivity index (χ0) is 14.0. The van der Waals surface area contributed by atoms with Crippen LogP contribution in [0.1, 0.15) is 18.9 Å². The number of pyridine rings is 1. The zero-order valence-electron chi connectivity index (χ0n) is 11.2. The Labute approximate surface area is 118 Å². The largest absolute Gasteiger partial charge is 0.359 e. The summed E-state index contributed by atoms with van der Waals surface area (Å²) in [6, 6.07) is 1.82. The lowest BCUT2D eigenvalue weighted by atomic mass is 9.89. The van der Waals surface area contributed by atoms with E-state index in [-0.39, 0.29) is 5.91 Å². The van der Waals surface area contributed by atoms with Crippen molar-refractivity contribution in [2.45, 2.75) is 19.9 Å². The van der Waals surface area contributed by atoms with E-state index in [9.17, 15) is 4.79 Å². The first-order valence-electron chi connectivity index (χ1n) is 6.32. The van der Waals surface area contributed by atoms with Crippen molar-refractivity contribution in [1.82, 2.24) is 10.3 Å². The van der Waals surface area contributed by atoms with Crippen LogP contribution in [0.3, 0.4) is 0 Å². The lowest BCUT2D eigenvalue weighted by molar-refractivity contribution is -0.128. The predicted octanol–water partition coefficient (Wildman–Crippen LogP) is 1.16. The van der Waals surface area contributed by atoms with Crippen molar-refractivity contribution in [2.75, 3.05) is 25.0 Å². The van der Waals surface area contributed by atoms with Gasteiger partial charge >= 0.3 is 0 Å². The van der Waals surface area contributed by atoms with Crippen LogP contribution >= 0.6 is 11.6 Å². The second kappa shape index (κ2) is 5.35. The Kier molecular flexibility index (Phi) is 3.96. The predicted molar refractivity (Wildman–Crippen MR) is 76.1 cm³/mol. The van der Waals surface area contributed by atoms with Crippen molar-refractivity contribution < 1.29 is 4.79 Å². The van der Waals surface area contributed by atoms with Gasteiger partial charge in [0.15, 0.2) is 0 Å². The second-order valence-electron chi connectivity index (χ2n) is 5.12. The molecule has 3 N–H and O–H groups in total. The van der Waals surface area contributed by atoms with Gasteiger partial charge < -0.3 is 16.0 Å². The summed E-state index contributed by atoms with van der Waals surface area (Å²) >= 11 is 6.31. The SMILES string of the molecule is CNC(=O)C1(C)CCN(c2nccc(CN)c2Cl)C1. The third-order valence-corrected chi connectivity index (χ3v) is 4.13. The summed E-state index contributed by atoms with van der Waals surface area (Å²) in [6.45, 7) is 3.74. The Bertz CT molecular complexity index is 494. The number of nitrogens with two attached hydrogens (primary N) is 1. The topological polar surface area (TPSA) is 71.2 Å². The first kappa shape index (κ1) is 14.1. The molecular formula is C13H19ClN4O. The maximum Gasteiger partial charge on any atom is 0.227 e. The van der Waals surface area contributed by atoms with Crippen LogP contribution in [0, 0.1) is 5.41 Å². The number of amides is 1. The van der Waals surface area contributed by atoms with E-state index in [2.05, 4.69) is 15.2 Å². The molecule has 0 aromatic carbocycles. The summed E-state index contributed by atoms with van der Waals surface area (Å²) in [5.74, 6) is 0.776. The van der Waals surface area contributed by atoms with Crippen LogP contribution in [0.25, 0.3) is 0 Å². The maximum absolute atomic E-state index is 11.9. The van der Waals surface area contributed by atoms with Crippen LogP contribution in [-0.2, 0) is 11.3 Å². The number of carbonyl (C=O) groups is 1. The average molecular weight is 283 g/mol. The molecule has 0 radical (unpaired) electrons. The molecule has 1 fully saturated rings. The van der Waals surface area contributed by atoms with Gasteiger partial charge in [-0.3, -0.25) is 4.79 Å². The summed E-state index contributed by atoms with van der Waals surface area (Å²) < 4.78 is 0. The van der Waals surface area contributed by atoms with Gasteiger partial charge in [-0.25, -0.2) is 4.98 Å². The van der Waals surface area contributed by atoms with Gasteiger partial charge in [-0.2, -0.15) is 0 Å². The molecule has 0 bridgehead atoms. The molecule has 5 nitrogen and oxygen atoms in total. The molecule has 1 aliphatic rings. The summed E-state index contributed by atoms with van der Waals surface area (Å²) in [4.78, 5) is 18.3. The number of nitrogens with zero attached hydrogens (tertiary/aromatic N) is 2. The van der Waals surface area contributed by atoms with E-state index in [1.807, 2.05) is 13.0 Å². The summed E-state index contributed by atoms with van der Waals surface area (Å²) in [7, 11) is 1.66. The van der Waals surface area contributed by atoms with Gasteiger partial charge in [-0.15, -0.1) is 0 Å². The molecule has 2 heterocycles. The number of hydrogen-bond acceptors (Lipinski definition) is 4. The van der Waals surface area contributed by atoms with E-state index in [0.29, 0.717) is 18.1 Å². The fourth-order valence-electron chi connectivity index (χ4n) is 2.48. The van der Waals surface area contributed by atoms with Gasteiger partial charge in [0.05, 0.1) is 10.4 Å². The molecule has 1 aromatic rings. The van der Waals surface area contributed by atoms with Crippen molar-refractivity contribution in [1.29, 1.82) is 0 Å². The summed E-state index contributed by atoms with van der Waals surface area (Å²) in [6.07, 6.45) is 2.50. The first-order valence-corrected chi connectivity index (χ1v) is 6.70. The minimum Gasteiger partial charge on any atom is -0.359 e. The zero-order valence-corrected chi connectivity index (χ0v) is 12.0. The number of rotatable bonds is 3. The second-order valence-corrected chi connectivity index (χ2v) is 5.50. The molecule has 104 valence electrons. The number of anilines is 1. The number of aromatic nitrogens is 1. The van der Waals surface area contributed by atoms with E-state index in [1.54, 1.807) is 13.2 Å². The quantitative estimate of drug-likeness (QED) is 0.873. The monoisotopic (exact) mass is 282 g/mol. The third-order valence-electron chi connectivity index (χ3n) is 3.72. The third kappa shape index (κ3) is 2.53. The smallest absolute Gasteiger partial charge is 0.227 e. The van der Waals surface area contributed by atoms with Crippen molar-refractivity contribution in [2.24, 2.45) is 11.1 Å². The number of halogens is 1. The molecule has 19 heavy (non-hydrogen) atoms. The Balaban J connectivity index is 2.24. The van der Waals surface area contributed by atoms with Crippen LogP contribution in [-0.4, -0.2) is 31.0 Å². The molecule has 1 aliphatic heterocycles. The Morgan fingerprint density at radius 2 is 2.42 bits per heavy atom. The summed E-state index contributed by atoms with van der Waals surface area (Å²) in [5.41, 5.74) is 6.13. The molecule has 0 aliphatic carbocycles. The molecule has 1 saturated heterocycles. The highest BCUT2D eigenvalue weighted by molar-refractivity contribution is 6.33. The van der Waals surface area contributed by atoms with Gasteiger partial charge in [-0.1, -0.05) is 11.6 Å². The van der Waals surface area contributed by atoms with Crippen LogP contribution in [0.15, 0.2) is 12.3 Å². The van der Waals surface area contributed by atoms with Crippen LogP contribution in [0.5, 0.6) is 0 Å². The van der Waals surface area contributed by atoms with Gasteiger partial charge in [-0.05, 0) is 25.0 Å². The number of nitrogens with one attached hydrogen (secondary N) is 1. The fourth-order valence-corrected chi connectivity index (χ4v) is 2.79. The maximum atomic E-state index is 11.9. The molecule has 1 atom stereocenters. The average Bonchev–Trinajstić information content (AvgIpc) is 2.82. The van der Waals surface area contributed by atoms with Gasteiger partial charge in [0.25, 0.3) is 0 Å². The molecular weight excluding hydrogens is 264 g/mol. The van der Waals surface area contributed by atoms with Crippen molar-refractivity contribution in [3.8, 4) is 0 Å². The van der Waals surface area contributed by atoms with Crippen LogP contribution < -0.4 is 16.0 Å².